The maximum atomic E-state index is 11.8. The SMILES string of the molecule is Cc1ccc(C=CC(=O)OCC(=O)NC2CCCCCC2)o1. The van der Waals surface area contributed by atoms with Gasteiger partial charge >= 0.3 is 5.97 Å². The Kier molecular flexibility index (Phi) is 6.25. The number of esters is 1. The number of furan rings is 1. The Hall–Kier alpha value is -2.04. The summed E-state index contributed by atoms with van der Waals surface area (Å²) in [5, 5.41) is 2.93. The summed E-state index contributed by atoms with van der Waals surface area (Å²) in [5.74, 6) is 0.570. The number of hydrogen-bond acceptors (Lipinski definition) is 4. The maximum absolute atomic E-state index is 11.8. The van der Waals surface area contributed by atoms with Gasteiger partial charge in [0, 0.05) is 12.1 Å². The fraction of sp³-hybridized carbons (Fsp3) is 0.529. The first kappa shape index (κ1) is 16.3. The molecule has 0 aliphatic heterocycles. The van der Waals surface area contributed by atoms with Gasteiger partial charge in [0.1, 0.15) is 11.5 Å². The first-order valence-electron chi connectivity index (χ1n) is 7.84. The molecule has 2 rings (SSSR count). The normalized spacial score (nSPS) is 16.4. The first-order valence-corrected chi connectivity index (χ1v) is 7.84. The molecule has 120 valence electrons. The predicted octanol–water partition coefficient (Wildman–Crippen LogP) is 2.98. The zero-order valence-electron chi connectivity index (χ0n) is 13.0. The number of amides is 1. The van der Waals surface area contributed by atoms with Crippen LogP contribution in [0.3, 0.4) is 0 Å². The smallest absolute Gasteiger partial charge is 0.331 e. The molecule has 0 bridgehead atoms. The summed E-state index contributed by atoms with van der Waals surface area (Å²) < 4.78 is 10.2. The van der Waals surface area contributed by atoms with Gasteiger partial charge in [0.2, 0.25) is 0 Å². The monoisotopic (exact) mass is 305 g/mol. The fourth-order valence-electron chi connectivity index (χ4n) is 2.57. The Bertz CT molecular complexity index is 525. The molecule has 1 heterocycles. The van der Waals surface area contributed by atoms with Crippen molar-refractivity contribution in [2.45, 2.75) is 51.5 Å². The van der Waals surface area contributed by atoms with Gasteiger partial charge in [0.05, 0.1) is 0 Å². The lowest BCUT2D eigenvalue weighted by atomic mass is 10.1. The summed E-state index contributed by atoms with van der Waals surface area (Å²) in [4.78, 5) is 23.3. The number of ether oxygens (including phenoxy) is 1. The summed E-state index contributed by atoms with van der Waals surface area (Å²) in [6, 6.07) is 3.79. The van der Waals surface area contributed by atoms with Crippen LogP contribution in [0.1, 0.15) is 50.0 Å². The summed E-state index contributed by atoms with van der Waals surface area (Å²) >= 11 is 0. The molecule has 0 spiro atoms. The lowest BCUT2D eigenvalue weighted by Crippen LogP contribution is -2.37. The molecule has 22 heavy (non-hydrogen) atoms. The second-order valence-corrected chi connectivity index (χ2v) is 5.65. The third kappa shape index (κ3) is 5.76. The molecule has 1 N–H and O–H groups in total. The summed E-state index contributed by atoms with van der Waals surface area (Å²) in [7, 11) is 0. The van der Waals surface area contributed by atoms with Crippen LogP contribution in [0, 0.1) is 6.92 Å². The van der Waals surface area contributed by atoms with Gasteiger partial charge in [-0.2, -0.15) is 0 Å². The van der Waals surface area contributed by atoms with Gasteiger partial charge in [-0.15, -0.1) is 0 Å². The van der Waals surface area contributed by atoms with E-state index in [-0.39, 0.29) is 18.6 Å². The highest BCUT2D eigenvalue weighted by molar-refractivity contribution is 5.88. The summed E-state index contributed by atoms with van der Waals surface area (Å²) in [6.45, 7) is 1.59. The van der Waals surface area contributed by atoms with E-state index in [0.29, 0.717) is 5.76 Å². The average Bonchev–Trinajstić information content (AvgIpc) is 2.74. The fourth-order valence-corrected chi connectivity index (χ4v) is 2.57. The molecule has 1 aliphatic rings. The molecule has 0 radical (unpaired) electrons. The lowest BCUT2D eigenvalue weighted by Gasteiger charge is -2.15. The highest BCUT2D eigenvalue weighted by atomic mass is 16.5. The van der Waals surface area contributed by atoms with E-state index in [1.54, 1.807) is 6.07 Å². The van der Waals surface area contributed by atoms with Crippen LogP contribution in [0.25, 0.3) is 6.08 Å². The van der Waals surface area contributed by atoms with Gasteiger partial charge in [-0.1, -0.05) is 25.7 Å². The number of carbonyl (C=O) groups is 2. The molecule has 1 amide bonds. The molecule has 1 aromatic heterocycles. The van der Waals surface area contributed by atoms with Crippen LogP contribution in [0.2, 0.25) is 0 Å². The minimum Gasteiger partial charge on any atom is -0.462 e. The second-order valence-electron chi connectivity index (χ2n) is 5.65. The van der Waals surface area contributed by atoms with E-state index in [1.165, 1.54) is 25.0 Å². The highest BCUT2D eigenvalue weighted by Crippen LogP contribution is 2.17. The Balaban J connectivity index is 1.68. The van der Waals surface area contributed by atoms with Crippen molar-refractivity contribution in [2.75, 3.05) is 6.61 Å². The maximum Gasteiger partial charge on any atom is 0.331 e. The molecule has 1 aliphatic carbocycles. The largest absolute Gasteiger partial charge is 0.462 e. The molecular formula is C17H23NO4. The topological polar surface area (TPSA) is 68.5 Å². The molecule has 0 unspecified atom stereocenters. The van der Waals surface area contributed by atoms with Gasteiger partial charge in [-0.25, -0.2) is 4.79 Å². The zero-order valence-corrected chi connectivity index (χ0v) is 13.0. The van der Waals surface area contributed by atoms with Crippen molar-refractivity contribution in [1.29, 1.82) is 0 Å². The third-order valence-corrected chi connectivity index (χ3v) is 3.71. The van der Waals surface area contributed by atoms with Gasteiger partial charge in [0.25, 0.3) is 5.91 Å². The van der Waals surface area contributed by atoms with Crippen molar-refractivity contribution >= 4 is 18.0 Å². The molecule has 5 nitrogen and oxygen atoms in total. The van der Waals surface area contributed by atoms with Crippen molar-refractivity contribution in [3.05, 3.63) is 29.7 Å². The van der Waals surface area contributed by atoms with E-state index < -0.39 is 5.97 Å². The second kappa shape index (κ2) is 8.41. The van der Waals surface area contributed by atoms with E-state index in [0.717, 1.165) is 31.4 Å². The van der Waals surface area contributed by atoms with Crippen molar-refractivity contribution in [2.24, 2.45) is 0 Å². The minimum absolute atomic E-state index is 0.218. The molecule has 0 atom stereocenters. The Morgan fingerprint density at radius 2 is 2.00 bits per heavy atom. The van der Waals surface area contributed by atoms with Crippen molar-refractivity contribution in [1.82, 2.24) is 5.32 Å². The van der Waals surface area contributed by atoms with Crippen molar-refractivity contribution in [3.8, 4) is 0 Å². The molecular weight excluding hydrogens is 282 g/mol. The molecule has 1 fully saturated rings. The Morgan fingerprint density at radius 3 is 2.64 bits per heavy atom. The number of aryl methyl sites for hydroxylation is 1. The van der Waals surface area contributed by atoms with E-state index >= 15 is 0 Å². The van der Waals surface area contributed by atoms with E-state index in [9.17, 15) is 9.59 Å². The minimum atomic E-state index is -0.551. The van der Waals surface area contributed by atoms with Crippen molar-refractivity contribution < 1.29 is 18.7 Å². The number of carbonyl (C=O) groups excluding carboxylic acids is 2. The molecule has 0 saturated heterocycles. The van der Waals surface area contributed by atoms with Crippen LogP contribution in [0.5, 0.6) is 0 Å². The van der Waals surface area contributed by atoms with Gasteiger partial charge < -0.3 is 14.5 Å². The van der Waals surface area contributed by atoms with Crippen LogP contribution in [-0.4, -0.2) is 24.5 Å². The van der Waals surface area contributed by atoms with Gasteiger partial charge in [-0.05, 0) is 38.0 Å². The number of nitrogens with one attached hydrogen (secondary N) is 1. The average molecular weight is 305 g/mol. The molecule has 1 saturated carbocycles. The Labute approximate surface area is 130 Å². The number of hydrogen-bond donors (Lipinski definition) is 1. The third-order valence-electron chi connectivity index (χ3n) is 3.71. The summed E-state index contributed by atoms with van der Waals surface area (Å²) in [6.07, 6.45) is 9.58. The molecule has 5 heteroatoms. The first-order chi connectivity index (χ1) is 10.6. The van der Waals surface area contributed by atoms with E-state index in [1.807, 2.05) is 13.0 Å². The van der Waals surface area contributed by atoms with Gasteiger partial charge in [-0.3, -0.25) is 4.79 Å². The highest BCUT2D eigenvalue weighted by Gasteiger charge is 2.15. The van der Waals surface area contributed by atoms with E-state index in [4.69, 9.17) is 9.15 Å². The van der Waals surface area contributed by atoms with Crippen LogP contribution in [0.4, 0.5) is 0 Å². The zero-order chi connectivity index (χ0) is 15.8. The Morgan fingerprint density at radius 1 is 1.27 bits per heavy atom. The summed E-state index contributed by atoms with van der Waals surface area (Å²) in [5.41, 5.74) is 0. The molecule has 1 aromatic rings. The number of rotatable bonds is 5. The van der Waals surface area contributed by atoms with Crippen LogP contribution >= 0.6 is 0 Å². The van der Waals surface area contributed by atoms with Crippen LogP contribution < -0.4 is 5.32 Å². The van der Waals surface area contributed by atoms with Gasteiger partial charge in [0.15, 0.2) is 6.61 Å². The van der Waals surface area contributed by atoms with Crippen LogP contribution in [0.15, 0.2) is 22.6 Å². The molecule has 0 aromatic carbocycles. The van der Waals surface area contributed by atoms with Crippen molar-refractivity contribution in [3.63, 3.8) is 0 Å². The van der Waals surface area contributed by atoms with Crippen LogP contribution in [-0.2, 0) is 14.3 Å². The predicted molar refractivity (Wildman–Crippen MR) is 83.1 cm³/mol. The quantitative estimate of drug-likeness (QED) is 0.516. The van der Waals surface area contributed by atoms with E-state index in [2.05, 4.69) is 5.32 Å². The lowest BCUT2D eigenvalue weighted by molar-refractivity contribution is -0.144. The standard InChI is InChI=1S/C17H23NO4/c1-13-8-9-15(22-13)10-11-17(20)21-12-16(19)18-14-6-4-2-3-5-7-14/h8-11,14H,2-7,12H2,1H3,(H,18,19).